The first-order chi connectivity index (χ1) is 7.15. The highest BCUT2D eigenvalue weighted by molar-refractivity contribution is 5.85. The lowest BCUT2D eigenvalue weighted by atomic mass is 9.90. The highest BCUT2D eigenvalue weighted by Gasteiger charge is 2.22. The van der Waals surface area contributed by atoms with E-state index in [2.05, 4.69) is 0 Å². The van der Waals surface area contributed by atoms with E-state index in [-0.39, 0.29) is 18.8 Å². The molecule has 1 rings (SSSR count). The molecule has 3 nitrogen and oxygen atoms in total. The number of carbonyl (C=O) groups is 1. The Bertz CT molecular complexity index is 321. The summed E-state index contributed by atoms with van der Waals surface area (Å²) in [7, 11) is 0. The number of halogens is 2. The Morgan fingerprint density at radius 2 is 1.94 bits per heavy atom. The van der Waals surface area contributed by atoms with E-state index >= 15 is 0 Å². The van der Waals surface area contributed by atoms with E-state index in [1.165, 1.54) is 0 Å². The van der Waals surface area contributed by atoms with Gasteiger partial charge in [-0.15, -0.1) is 12.4 Å². The van der Waals surface area contributed by atoms with Crippen molar-refractivity contribution < 1.29 is 14.3 Å². The molecular formula is C11H15ClFNO2. The van der Waals surface area contributed by atoms with Gasteiger partial charge in [-0.2, -0.15) is 0 Å². The number of alkyl halides is 1. The maximum absolute atomic E-state index is 12.5. The molecule has 0 spiro atoms. The van der Waals surface area contributed by atoms with Crippen LogP contribution in [-0.4, -0.2) is 23.8 Å². The zero-order chi connectivity index (χ0) is 11.3. The summed E-state index contributed by atoms with van der Waals surface area (Å²) >= 11 is 0. The summed E-state index contributed by atoms with van der Waals surface area (Å²) in [5.41, 5.74) is 6.33. The number of hydrogen-bond acceptors (Lipinski definition) is 2. The summed E-state index contributed by atoms with van der Waals surface area (Å²) < 4.78 is 12.5. The molecule has 0 aliphatic heterocycles. The number of carboxylic acid groups (broad SMARTS) is 1. The van der Waals surface area contributed by atoms with Crippen LogP contribution in [0.5, 0.6) is 0 Å². The fourth-order valence-electron chi connectivity index (χ4n) is 1.51. The normalized spacial score (nSPS) is 13.6. The monoisotopic (exact) mass is 247 g/mol. The molecule has 0 bridgehead atoms. The van der Waals surface area contributed by atoms with Crippen LogP contribution in [0.1, 0.15) is 17.9 Å². The van der Waals surface area contributed by atoms with Gasteiger partial charge in [0.15, 0.2) is 0 Å². The topological polar surface area (TPSA) is 63.3 Å². The molecule has 0 amide bonds. The molecule has 2 atom stereocenters. The summed E-state index contributed by atoms with van der Waals surface area (Å²) in [6.07, 6.45) is -0.144. The third-order valence-corrected chi connectivity index (χ3v) is 2.32. The SMILES string of the molecule is Cl.N[C@@H](CF)[C@H](CC(=O)O)c1ccccc1. The van der Waals surface area contributed by atoms with Crippen LogP contribution in [0.2, 0.25) is 0 Å². The summed E-state index contributed by atoms with van der Waals surface area (Å²) in [4.78, 5) is 10.6. The summed E-state index contributed by atoms with van der Waals surface area (Å²) in [6.45, 7) is -0.715. The smallest absolute Gasteiger partial charge is 0.304 e. The van der Waals surface area contributed by atoms with Crippen LogP contribution in [0.15, 0.2) is 30.3 Å². The standard InChI is InChI=1S/C11H14FNO2.ClH/c12-7-10(13)9(6-11(14)15)8-4-2-1-3-5-8;/h1-5,9-10H,6-7,13H2,(H,14,15);1H/t9-,10+;/m1./s1. The van der Waals surface area contributed by atoms with Crippen LogP contribution in [-0.2, 0) is 4.79 Å². The van der Waals surface area contributed by atoms with Gasteiger partial charge in [0.2, 0.25) is 0 Å². The molecule has 3 N–H and O–H groups in total. The maximum atomic E-state index is 12.5. The first kappa shape index (κ1) is 14.9. The van der Waals surface area contributed by atoms with E-state index in [0.29, 0.717) is 0 Å². The molecule has 5 heteroatoms. The molecule has 0 aliphatic rings. The second-order valence-corrected chi connectivity index (χ2v) is 3.43. The molecule has 0 aliphatic carbocycles. The van der Waals surface area contributed by atoms with Crippen molar-refractivity contribution in [3.63, 3.8) is 0 Å². The van der Waals surface area contributed by atoms with E-state index in [1.807, 2.05) is 6.07 Å². The van der Waals surface area contributed by atoms with Crippen LogP contribution >= 0.6 is 12.4 Å². The molecule has 0 saturated carbocycles. The number of nitrogens with two attached hydrogens (primary N) is 1. The van der Waals surface area contributed by atoms with Crippen molar-refractivity contribution >= 4 is 18.4 Å². The maximum Gasteiger partial charge on any atom is 0.304 e. The molecular weight excluding hydrogens is 233 g/mol. The second kappa shape index (κ2) is 7.19. The molecule has 90 valence electrons. The number of hydrogen-bond donors (Lipinski definition) is 2. The van der Waals surface area contributed by atoms with E-state index in [0.717, 1.165) is 5.56 Å². The Labute approximate surface area is 99.9 Å². The van der Waals surface area contributed by atoms with Gasteiger partial charge < -0.3 is 10.8 Å². The Balaban J connectivity index is 0.00000225. The van der Waals surface area contributed by atoms with Gasteiger partial charge in [0.25, 0.3) is 0 Å². The van der Waals surface area contributed by atoms with E-state index in [9.17, 15) is 9.18 Å². The van der Waals surface area contributed by atoms with Crippen LogP contribution in [0.25, 0.3) is 0 Å². The van der Waals surface area contributed by atoms with E-state index < -0.39 is 24.6 Å². The molecule has 0 saturated heterocycles. The van der Waals surface area contributed by atoms with Crippen LogP contribution < -0.4 is 5.73 Å². The van der Waals surface area contributed by atoms with Crippen molar-refractivity contribution in [3.8, 4) is 0 Å². The van der Waals surface area contributed by atoms with Gasteiger partial charge in [0.05, 0.1) is 6.42 Å². The summed E-state index contributed by atoms with van der Waals surface area (Å²) in [6, 6.07) is 8.17. The average molecular weight is 248 g/mol. The van der Waals surface area contributed by atoms with Gasteiger partial charge in [0, 0.05) is 12.0 Å². The van der Waals surface area contributed by atoms with Crippen molar-refractivity contribution in [2.75, 3.05) is 6.67 Å². The average Bonchev–Trinajstić information content (AvgIpc) is 2.26. The van der Waals surface area contributed by atoms with Crippen LogP contribution in [0.4, 0.5) is 4.39 Å². The Hall–Kier alpha value is -1.13. The molecule has 0 unspecified atom stereocenters. The molecule has 0 radical (unpaired) electrons. The highest BCUT2D eigenvalue weighted by Crippen LogP contribution is 2.22. The van der Waals surface area contributed by atoms with Crippen molar-refractivity contribution in [1.29, 1.82) is 0 Å². The van der Waals surface area contributed by atoms with Crippen molar-refractivity contribution in [2.24, 2.45) is 5.73 Å². The van der Waals surface area contributed by atoms with Crippen molar-refractivity contribution in [1.82, 2.24) is 0 Å². The minimum atomic E-state index is -0.965. The summed E-state index contributed by atoms with van der Waals surface area (Å²) in [5.74, 6) is -1.43. The van der Waals surface area contributed by atoms with Gasteiger partial charge in [-0.05, 0) is 5.56 Å². The lowest BCUT2D eigenvalue weighted by Crippen LogP contribution is -2.32. The molecule has 16 heavy (non-hydrogen) atoms. The number of rotatable bonds is 5. The zero-order valence-electron chi connectivity index (χ0n) is 8.67. The Morgan fingerprint density at radius 3 is 2.38 bits per heavy atom. The molecule has 0 heterocycles. The van der Waals surface area contributed by atoms with Crippen LogP contribution in [0, 0.1) is 0 Å². The van der Waals surface area contributed by atoms with Gasteiger partial charge >= 0.3 is 5.97 Å². The Morgan fingerprint density at radius 1 is 1.38 bits per heavy atom. The van der Waals surface area contributed by atoms with Crippen LogP contribution in [0.3, 0.4) is 0 Å². The third-order valence-electron chi connectivity index (χ3n) is 2.32. The molecule has 1 aromatic rings. The Kier molecular flexibility index (Phi) is 6.69. The highest BCUT2D eigenvalue weighted by atomic mass is 35.5. The lowest BCUT2D eigenvalue weighted by Gasteiger charge is -2.20. The van der Waals surface area contributed by atoms with Gasteiger partial charge in [0.1, 0.15) is 6.67 Å². The van der Waals surface area contributed by atoms with Gasteiger partial charge in [-0.25, -0.2) is 4.39 Å². The van der Waals surface area contributed by atoms with E-state index in [4.69, 9.17) is 10.8 Å². The minimum Gasteiger partial charge on any atom is -0.481 e. The van der Waals surface area contributed by atoms with Crippen molar-refractivity contribution in [3.05, 3.63) is 35.9 Å². The van der Waals surface area contributed by atoms with Gasteiger partial charge in [-0.3, -0.25) is 4.79 Å². The first-order valence-electron chi connectivity index (χ1n) is 4.73. The predicted molar refractivity (Wildman–Crippen MR) is 62.6 cm³/mol. The zero-order valence-corrected chi connectivity index (χ0v) is 9.49. The lowest BCUT2D eigenvalue weighted by molar-refractivity contribution is -0.137. The second-order valence-electron chi connectivity index (χ2n) is 3.43. The quantitative estimate of drug-likeness (QED) is 0.836. The predicted octanol–water partition coefficient (Wildman–Crippen LogP) is 1.96. The molecule has 0 aromatic heterocycles. The number of aliphatic carboxylic acids is 1. The van der Waals surface area contributed by atoms with Crippen molar-refractivity contribution in [2.45, 2.75) is 18.4 Å². The third kappa shape index (κ3) is 4.16. The fraction of sp³-hybridized carbons (Fsp3) is 0.364. The summed E-state index contributed by atoms with van der Waals surface area (Å²) in [5, 5.41) is 8.71. The molecule has 1 aromatic carbocycles. The van der Waals surface area contributed by atoms with Gasteiger partial charge in [-0.1, -0.05) is 30.3 Å². The molecule has 0 fully saturated rings. The number of benzene rings is 1. The fourth-order valence-corrected chi connectivity index (χ4v) is 1.51. The number of carboxylic acids is 1. The van der Waals surface area contributed by atoms with E-state index in [1.54, 1.807) is 24.3 Å². The minimum absolute atomic E-state index is 0. The largest absolute Gasteiger partial charge is 0.481 e. The first-order valence-corrected chi connectivity index (χ1v) is 4.73.